The minimum Gasteiger partial charge on any atom is -0.227 e. The van der Waals surface area contributed by atoms with Gasteiger partial charge in [-0.05, 0) is 12.8 Å². The van der Waals surface area contributed by atoms with Crippen molar-refractivity contribution in [2.45, 2.75) is 62.5 Å². The van der Waals surface area contributed by atoms with Crippen molar-refractivity contribution in [3.05, 3.63) is 0 Å². The summed E-state index contributed by atoms with van der Waals surface area (Å²) in [5.41, 5.74) is -5.98. The first-order chi connectivity index (χ1) is 9.06. The lowest BCUT2D eigenvalue weighted by Crippen LogP contribution is -2.67. The monoisotopic (exact) mass is 340 g/mol. The van der Waals surface area contributed by atoms with E-state index in [1.165, 1.54) is 6.92 Å². The maximum atomic E-state index is 13.6. The lowest BCUT2D eigenvalue weighted by molar-refractivity contribution is -0.412. The second-order valence-electron chi connectivity index (χ2n) is 4.40. The predicted molar refractivity (Wildman–Crippen MR) is 50.0 cm³/mol. The molecule has 0 N–H and O–H groups in total. The normalized spacial score (nSPS) is 17.7. The van der Waals surface area contributed by atoms with E-state index in [9.17, 15) is 48.3 Å². The van der Waals surface area contributed by atoms with E-state index in [4.69, 9.17) is 0 Å². The van der Waals surface area contributed by atoms with Crippen LogP contribution in [0.15, 0.2) is 0 Å². The van der Waals surface area contributed by atoms with Crippen LogP contribution in [0.3, 0.4) is 0 Å². The molecule has 0 fully saturated rings. The standard InChI is InChI=1S/C10H11F11/c1-2-3-4-5-6(11,9(16,17)18)7(12,13)8(14,15)10(19,20)21/h2-5H2,1H3. The number of alkyl halides is 11. The zero-order valence-corrected chi connectivity index (χ0v) is 10.5. The van der Waals surface area contributed by atoms with Gasteiger partial charge in [-0.3, -0.25) is 0 Å². The van der Waals surface area contributed by atoms with Gasteiger partial charge < -0.3 is 0 Å². The van der Waals surface area contributed by atoms with Crippen molar-refractivity contribution in [3.63, 3.8) is 0 Å². The van der Waals surface area contributed by atoms with Crippen molar-refractivity contribution in [2.75, 3.05) is 0 Å². The molecule has 1 atom stereocenters. The van der Waals surface area contributed by atoms with Gasteiger partial charge in [0, 0.05) is 0 Å². The maximum absolute atomic E-state index is 13.6. The Balaban J connectivity index is 5.82. The summed E-state index contributed by atoms with van der Waals surface area (Å²) < 4.78 is 138. The third-order valence-corrected chi connectivity index (χ3v) is 2.82. The van der Waals surface area contributed by atoms with Crippen LogP contribution in [0.2, 0.25) is 0 Å². The van der Waals surface area contributed by atoms with Gasteiger partial charge in [0.15, 0.2) is 0 Å². The molecule has 11 heteroatoms. The van der Waals surface area contributed by atoms with Gasteiger partial charge >= 0.3 is 24.2 Å². The highest BCUT2D eigenvalue weighted by atomic mass is 19.4. The highest BCUT2D eigenvalue weighted by Gasteiger charge is 2.85. The van der Waals surface area contributed by atoms with Gasteiger partial charge in [0.2, 0.25) is 0 Å². The summed E-state index contributed by atoms with van der Waals surface area (Å²) in [6.45, 7) is 1.38. The first-order valence-corrected chi connectivity index (χ1v) is 5.64. The number of halogens is 11. The molecule has 0 saturated heterocycles. The smallest absolute Gasteiger partial charge is 0.227 e. The molecule has 0 saturated carbocycles. The Kier molecular flexibility index (Phi) is 5.58. The SMILES string of the molecule is CCCCCC(F)(C(F)(F)F)C(F)(F)C(F)(F)C(F)(F)F. The fraction of sp³-hybridized carbons (Fsp3) is 1.00. The summed E-state index contributed by atoms with van der Waals surface area (Å²) >= 11 is 0. The Morgan fingerprint density at radius 2 is 1.00 bits per heavy atom. The first kappa shape index (κ1) is 20.2. The van der Waals surface area contributed by atoms with Crippen LogP contribution in [0.4, 0.5) is 48.3 Å². The van der Waals surface area contributed by atoms with Crippen molar-refractivity contribution in [1.82, 2.24) is 0 Å². The van der Waals surface area contributed by atoms with Crippen LogP contribution in [-0.4, -0.2) is 29.9 Å². The second-order valence-corrected chi connectivity index (χ2v) is 4.40. The van der Waals surface area contributed by atoms with E-state index in [-0.39, 0.29) is 12.8 Å². The van der Waals surface area contributed by atoms with Crippen LogP contribution in [-0.2, 0) is 0 Å². The molecule has 0 aromatic heterocycles. The Labute approximate surface area is 112 Å². The molecule has 128 valence electrons. The average Bonchev–Trinajstić information content (AvgIpc) is 2.25. The fourth-order valence-electron chi connectivity index (χ4n) is 1.52. The van der Waals surface area contributed by atoms with E-state index in [0.717, 1.165) is 0 Å². The van der Waals surface area contributed by atoms with E-state index < -0.39 is 42.7 Å². The minimum absolute atomic E-state index is 0.120. The van der Waals surface area contributed by atoms with Crippen molar-refractivity contribution >= 4 is 0 Å². The molecule has 0 spiro atoms. The molecule has 0 bridgehead atoms. The topological polar surface area (TPSA) is 0 Å². The summed E-state index contributed by atoms with van der Waals surface area (Å²) in [7, 11) is 0. The molecule has 21 heavy (non-hydrogen) atoms. The number of hydrogen-bond donors (Lipinski definition) is 0. The largest absolute Gasteiger partial charge is 0.460 e. The van der Waals surface area contributed by atoms with Crippen molar-refractivity contribution in [3.8, 4) is 0 Å². The summed E-state index contributed by atoms with van der Waals surface area (Å²) in [5.74, 6) is -14.1. The predicted octanol–water partition coefficient (Wildman–Crippen LogP) is 5.67. The van der Waals surface area contributed by atoms with E-state index in [2.05, 4.69) is 0 Å². The Morgan fingerprint density at radius 1 is 0.571 bits per heavy atom. The first-order valence-electron chi connectivity index (χ1n) is 5.64. The van der Waals surface area contributed by atoms with Crippen LogP contribution >= 0.6 is 0 Å². The summed E-state index contributed by atoms with van der Waals surface area (Å²) in [6.07, 6.45) is -16.8. The summed E-state index contributed by atoms with van der Waals surface area (Å²) in [6, 6.07) is 0. The van der Waals surface area contributed by atoms with Gasteiger partial charge in [0.05, 0.1) is 0 Å². The van der Waals surface area contributed by atoms with Gasteiger partial charge in [-0.2, -0.15) is 43.9 Å². The molecule has 0 nitrogen and oxygen atoms in total. The lowest BCUT2D eigenvalue weighted by atomic mass is 9.86. The van der Waals surface area contributed by atoms with Crippen molar-refractivity contribution in [1.29, 1.82) is 0 Å². The highest BCUT2D eigenvalue weighted by molar-refractivity contribution is 5.08. The van der Waals surface area contributed by atoms with E-state index in [1.54, 1.807) is 0 Å². The highest BCUT2D eigenvalue weighted by Crippen LogP contribution is 2.58. The van der Waals surface area contributed by atoms with Crippen molar-refractivity contribution < 1.29 is 48.3 Å². The molecule has 1 unspecified atom stereocenters. The second kappa shape index (κ2) is 5.79. The maximum Gasteiger partial charge on any atom is 0.460 e. The molecular formula is C10H11F11. The molecule has 0 amide bonds. The number of unbranched alkanes of at least 4 members (excludes halogenated alkanes) is 2. The molecule has 0 aromatic carbocycles. The Bertz CT molecular complexity index is 340. The molecule has 0 aromatic rings. The minimum atomic E-state index is -7.16. The van der Waals surface area contributed by atoms with E-state index in [1.807, 2.05) is 0 Å². The fourth-order valence-corrected chi connectivity index (χ4v) is 1.52. The molecule has 0 aliphatic heterocycles. The summed E-state index contributed by atoms with van der Waals surface area (Å²) in [4.78, 5) is 0. The Hall–Kier alpha value is -0.770. The number of hydrogen-bond acceptors (Lipinski definition) is 0. The zero-order chi connectivity index (χ0) is 17.3. The van der Waals surface area contributed by atoms with Crippen LogP contribution in [0.25, 0.3) is 0 Å². The van der Waals surface area contributed by atoms with Gasteiger partial charge in [-0.25, -0.2) is 4.39 Å². The molecule has 0 aliphatic carbocycles. The zero-order valence-electron chi connectivity index (χ0n) is 10.5. The van der Waals surface area contributed by atoms with Crippen LogP contribution in [0.5, 0.6) is 0 Å². The van der Waals surface area contributed by atoms with E-state index in [0.29, 0.717) is 0 Å². The third-order valence-electron chi connectivity index (χ3n) is 2.82. The molecular weight excluding hydrogens is 329 g/mol. The lowest BCUT2D eigenvalue weighted by Gasteiger charge is -2.39. The quantitative estimate of drug-likeness (QED) is 0.432. The third kappa shape index (κ3) is 3.36. The average molecular weight is 340 g/mol. The van der Waals surface area contributed by atoms with Crippen LogP contribution in [0, 0.1) is 0 Å². The van der Waals surface area contributed by atoms with Gasteiger partial charge in [0.25, 0.3) is 5.67 Å². The van der Waals surface area contributed by atoms with Gasteiger partial charge in [0.1, 0.15) is 0 Å². The Morgan fingerprint density at radius 3 is 1.29 bits per heavy atom. The van der Waals surface area contributed by atoms with Gasteiger partial charge in [-0.15, -0.1) is 0 Å². The van der Waals surface area contributed by atoms with E-state index >= 15 is 0 Å². The van der Waals surface area contributed by atoms with Crippen molar-refractivity contribution in [2.24, 2.45) is 0 Å². The molecule has 0 heterocycles. The number of rotatable bonds is 6. The molecule has 0 rings (SSSR count). The van der Waals surface area contributed by atoms with Crippen LogP contribution < -0.4 is 0 Å². The summed E-state index contributed by atoms with van der Waals surface area (Å²) in [5, 5.41) is 0. The van der Waals surface area contributed by atoms with Gasteiger partial charge in [-0.1, -0.05) is 19.8 Å². The molecule has 0 aliphatic rings. The van der Waals surface area contributed by atoms with Crippen LogP contribution in [0.1, 0.15) is 32.6 Å². The molecule has 0 radical (unpaired) electrons.